The molecule has 0 aromatic carbocycles. The molecule has 102 valence electrons. The van der Waals surface area contributed by atoms with Gasteiger partial charge in [-0.25, -0.2) is 14.8 Å². The van der Waals surface area contributed by atoms with E-state index in [4.69, 9.17) is 5.11 Å². The zero-order valence-electron chi connectivity index (χ0n) is 10.6. The standard InChI is InChI=1S/C12H16N4O3/c1-8(11(17)18)9-5-16(6-9)12(19)14-4-10-2-3-13-7-15-10/h2-3,7-9H,4-6H2,1H3,(H,14,19)(H,17,18). The van der Waals surface area contributed by atoms with Crippen molar-refractivity contribution < 1.29 is 14.7 Å². The van der Waals surface area contributed by atoms with Crippen LogP contribution in [0.15, 0.2) is 18.6 Å². The van der Waals surface area contributed by atoms with Crippen LogP contribution < -0.4 is 5.32 Å². The van der Waals surface area contributed by atoms with Crippen molar-refractivity contribution in [2.45, 2.75) is 13.5 Å². The van der Waals surface area contributed by atoms with E-state index in [1.54, 1.807) is 24.1 Å². The summed E-state index contributed by atoms with van der Waals surface area (Å²) in [6.07, 6.45) is 3.04. The molecule has 7 heteroatoms. The lowest BCUT2D eigenvalue weighted by Crippen LogP contribution is -2.56. The fourth-order valence-corrected chi connectivity index (χ4v) is 1.90. The van der Waals surface area contributed by atoms with Gasteiger partial charge in [-0.1, -0.05) is 6.92 Å². The van der Waals surface area contributed by atoms with Crippen LogP contribution >= 0.6 is 0 Å². The zero-order valence-corrected chi connectivity index (χ0v) is 10.6. The van der Waals surface area contributed by atoms with E-state index in [0.717, 1.165) is 5.69 Å². The normalized spacial score (nSPS) is 16.6. The van der Waals surface area contributed by atoms with Crippen molar-refractivity contribution in [2.24, 2.45) is 11.8 Å². The molecule has 0 aliphatic carbocycles. The number of amides is 2. The molecule has 1 aromatic rings. The van der Waals surface area contributed by atoms with Gasteiger partial charge in [-0.2, -0.15) is 0 Å². The van der Waals surface area contributed by atoms with Crippen molar-refractivity contribution in [3.63, 3.8) is 0 Å². The maximum atomic E-state index is 11.8. The SMILES string of the molecule is CC(C(=O)O)C1CN(C(=O)NCc2ccncn2)C1. The number of nitrogens with one attached hydrogen (secondary N) is 1. The first-order valence-electron chi connectivity index (χ1n) is 6.08. The molecule has 2 rings (SSSR count). The van der Waals surface area contributed by atoms with Gasteiger partial charge in [0.2, 0.25) is 0 Å². The minimum absolute atomic E-state index is 0.0438. The number of likely N-dealkylation sites (tertiary alicyclic amines) is 1. The molecule has 1 fully saturated rings. The average molecular weight is 264 g/mol. The van der Waals surface area contributed by atoms with Gasteiger partial charge < -0.3 is 15.3 Å². The van der Waals surface area contributed by atoms with E-state index in [2.05, 4.69) is 15.3 Å². The number of carbonyl (C=O) groups excluding carboxylic acids is 1. The number of carboxylic acid groups (broad SMARTS) is 1. The molecule has 1 aromatic heterocycles. The van der Waals surface area contributed by atoms with Crippen molar-refractivity contribution in [1.29, 1.82) is 0 Å². The number of aromatic nitrogens is 2. The average Bonchev–Trinajstić information content (AvgIpc) is 2.35. The van der Waals surface area contributed by atoms with Crippen LogP contribution in [0.3, 0.4) is 0 Å². The lowest BCUT2D eigenvalue weighted by atomic mass is 9.87. The third-order valence-corrected chi connectivity index (χ3v) is 3.36. The van der Waals surface area contributed by atoms with Gasteiger partial charge >= 0.3 is 12.0 Å². The molecular formula is C12H16N4O3. The molecule has 2 amide bonds. The highest BCUT2D eigenvalue weighted by Gasteiger charge is 2.36. The first kappa shape index (κ1) is 13.3. The third kappa shape index (κ3) is 3.18. The van der Waals surface area contributed by atoms with Crippen molar-refractivity contribution in [1.82, 2.24) is 20.2 Å². The molecule has 0 bridgehead atoms. The molecule has 0 radical (unpaired) electrons. The van der Waals surface area contributed by atoms with Gasteiger partial charge in [0, 0.05) is 25.2 Å². The molecule has 7 nitrogen and oxygen atoms in total. The quantitative estimate of drug-likeness (QED) is 0.817. The minimum Gasteiger partial charge on any atom is -0.481 e. The van der Waals surface area contributed by atoms with Crippen LogP contribution in [0, 0.1) is 11.8 Å². The van der Waals surface area contributed by atoms with E-state index in [0.29, 0.717) is 19.6 Å². The number of aliphatic carboxylic acids is 1. The van der Waals surface area contributed by atoms with E-state index in [-0.39, 0.29) is 11.9 Å². The summed E-state index contributed by atoms with van der Waals surface area (Å²) >= 11 is 0. The number of hydrogen-bond donors (Lipinski definition) is 2. The summed E-state index contributed by atoms with van der Waals surface area (Å²) in [5, 5.41) is 11.6. The molecular weight excluding hydrogens is 248 g/mol. The molecule has 2 N–H and O–H groups in total. The first-order chi connectivity index (χ1) is 9.08. The highest BCUT2D eigenvalue weighted by atomic mass is 16.4. The van der Waals surface area contributed by atoms with Crippen LogP contribution in [0.25, 0.3) is 0 Å². The van der Waals surface area contributed by atoms with Crippen molar-refractivity contribution in [3.05, 3.63) is 24.3 Å². The molecule has 1 unspecified atom stereocenters. The zero-order chi connectivity index (χ0) is 13.8. The Morgan fingerprint density at radius 3 is 2.89 bits per heavy atom. The predicted octanol–water partition coefficient (Wildman–Crippen LogP) is 0.339. The Kier molecular flexibility index (Phi) is 3.94. The Labute approximate surface area is 110 Å². The Balaban J connectivity index is 1.73. The second-order valence-electron chi connectivity index (χ2n) is 4.65. The van der Waals surface area contributed by atoms with Crippen LogP contribution in [-0.4, -0.2) is 45.1 Å². The van der Waals surface area contributed by atoms with Gasteiger partial charge in [0.15, 0.2) is 0 Å². The Morgan fingerprint density at radius 2 is 2.32 bits per heavy atom. The third-order valence-electron chi connectivity index (χ3n) is 3.36. The predicted molar refractivity (Wildman–Crippen MR) is 66.1 cm³/mol. The smallest absolute Gasteiger partial charge is 0.317 e. The van der Waals surface area contributed by atoms with Crippen LogP contribution in [-0.2, 0) is 11.3 Å². The summed E-state index contributed by atoms with van der Waals surface area (Å²) in [6, 6.07) is 1.54. The summed E-state index contributed by atoms with van der Waals surface area (Å²) in [4.78, 5) is 31.9. The maximum Gasteiger partial charge on any atom is 0.317 e. The lowest BCUT2D eigenvalue weighted by Gasteiger charge is -2.41. The van der Waals surface area contributed by atoms with Crippen molar-refractivity contribution >= 4 is 12.0 Å². The number of nitrogens with zero attached hydrogens (tertiary/aromatic N) is 3. The highest BCUT2D eigenvalue weighted by molar-refractivity contribution is 5.76. The fourth-order valence-electron chi connectivity index (χ4n) is 1.90. The van der Waals surface area contributed by atoms with Crippen molar-refractivity contribution in [3.8, 4) is 0 Å². The molecule has 1 atom stereocenters. The van der Waals surface area contributed by atoms with Crippen molar-refractivity contribution in [2.75, 3.05) is 13.1 Å². The van der Waals surface area contributed by atoms with Gasteiger partial charge in [-0.15, -0.1) is 0 Å². The summed E-state index contributed by atoms with van der Waals surface area (Å²) in [5.41, 5.74) is 0.735. The second kappa shape index (κ2) is 5.64. The Hall–Kier alpha value is -2.18. The summed E-state index contributed by atoms with van der Waals surface area (Å²) in [6.45, 7) is 2.99. The second-order valence-corrected chi connectivity index (χ2v) is 4.65. The molecule has 0 spiro atoms. The molecule has 2 heterocycles. The van der Waals surface area contributed by atoms with E-state index in [1.165, 1.54) is 6.33 Å². The van der Waals surface area contributed by atoms with Crippen LogP contribution in [0.2, 0.25) is 0 Å². The van der Waals surface area contributed by atoms with E-state index < -0.39 is 11.9 Å². The molecule has 0 saturated carbocycles. The van der Waals surface area contributed by atoms with E-state index >= 15 is 0 Å². The number of urea groups is 1. The molecule has 1 aliphatic heterocycles. The van der Waals surface area contributed by atoms with E-state index in [1.807, 2.05) is 0 Å². The molecule has 19 heavy (non-hydrogen) atoms. The number of carboxylic acids is 1. The summed E-state index contributed by atoms with van der Waals surface area (Å²) in [5.74, 6) is -1.18. The summed E-state index contributed by atoms with van der Waals surface area (Å²) < 4.78 is 0. The largest absolute Gasteiger partial charge is 0.481 e. The summed E-state index contributed by atoms with van der Waals surface area (Å²) in [7, 11) is 0. The number of hydrogen-bond acceptors (Lipinski definition) is 4. The van der Waals surface area contributed by atoms with Crippen LogP contribution in [0.4, 0.5) is 4.79 Å². The number of carbonyl (C=O) groups is 2. The van der Waals surface area contributed by atoms with Gasteiger partial charge in [0.05, 0.1) is 18.2 Å². The highest BCUT2D eigenvalue weighted by Crippen LogP contribution is 2.23. The monoisotopic (exact) mass is 264 g/mol. The van der Waals surface area contributed by atoms with E-state index in [9.17, 15) is 9.59 Å². The van der Waals surface area contributed by atoms with Gasteiger partial charge in [0.25, 0.3) is 0 Å². The molecule has 1 saturated heterocycles. The Morgan fingerprint density at radius 1 is 1.58 bits per heavy atom. The lowest BCUT2D eigenvalue weighted by molar-refractivity contribution is -0.144. The number of rotatable bonds is 4. The Bertz CT molecular complexity index is 459. The maximum absolute atomic E-state index is 11.8. The first-order valence-corrected chi connectivity index (χ1v) is 6.08. The minimum atomic E-state index is -0.814. The van der Waals surface area contributed by atoms with Crippen LogP contribution in [0.1, 0.15) is 12.6 Å². The van der Waals surface area contributed by atoms with Gasteiger partial charge in [-0.3, -0.25) is 4.79 Å². The topological polar surface area (TPSA) is 95.4 Å². The fraction of sp³-hybridized carbons (Fsp3) is 0.500. The van der Waals surface area contributed by atoms with Gasteiger partial charge in [0.1, 0.15) is 6.33 Å². The molecule has 1 aliphatic rings. The van der Waals surface area contributed by atoms with Gasteiger partial charge in [-0.05, 0) is 6.07 Å². The van der Waals surface area contributed by atoms with Crippen LogP contribution in [0.5, 0.6) is 0 Å².